The maximum atomic E-state index is 6.22. The molecule has 1 aromatic rings. The number of guanidine groups is 1. The van der Waals surface area contributed by atoms with Crippen molar-refractivity contribution in [1.82, 2.24) is 9.80 Å². The molecule has 2 heterocycles. The summed E-state index contributed by atoms with van der Waals surface area (Å²) in [7, 11) is 3.87. The zero-order chi connectivity index (χ0) is 18.4. The second kappa shape index (κ2) is 10.5. The number of nitrogens with one attached hydrogen (secondary N) is 1. The molecule has 2 saturated heterocycles. The maximum Gasteiger partial charge on any atom is 0.193 e. The number of hydrogen-bond acceptors (Lipinski definition) is 4. The highest BCUT2D eigenvalue weighted by Crippen LogP contribution is 2.32. The Morgan fingerprint density at radius 2 is 1.81 bits per heavy atom. The number of methoxy groups -OCH3 is 1. The van der Waals surface area contributed by atoms with E-state index >= 15 is 0 Å². The minimum Gasteiger partial charge on any atom is -0.495 e. The number of hydrogen-bond donors (Lipinski definition) is 2. The summed E-state index contributed by atoms with van der Waals surface area (Å²) in [6, 6.07) is 7.78. The molecule has 0 aromatic heterocycles. The summed E-state index contributed by atoms with van der Waals surface area (Å²) in [5.41, 5.74) is 7.22. The van der Waals surface area contributed by atoms with E-state index in [9.17, 15) is 0 Å². The Labute approximate surface area is 180 Å². The third-order valence-electron chi connectivity index (χ3n) is 5.86. The summed E-state index contributed by atoms with van der Waals surface area (Å²) in [5, 5.41) is 3.20. The second-order valence-corrected chi connectivity index (χ2v) is 7.60. The predicted octanol–water partition coefficient (Wildman–Crippen LogP) is 2.99. The number of para-hydroxylation sites is 2. The average molecular weight is 487 g/mol. The lowest BCUT2D eigenvalue weighted by atomic mass is 9.84. The average Bonchev–Trinajstić information content (AvgIpc) is 2.69. The largest absolute Gasteiger partial charge is 0.495 e. The number of benzene rings is 1. The molecule has 1 aromatic carbocycles. The predicted molar refractivity (Wildman–Crippen MR) is 123 cm³/mol. The number of ether oxygens (including phenoxy) is 1. The van der Waals surface area contributed by atoms with Gasteiger partial charge in [0.2, 0.25) is 0 Å². The molecule has 0 aliphatic carbocycles. The van der Waals surface area contributed by atoms with Gasteiger partial charge in [-0.2, -0.15) is 0 Å². The van der Waals surface area contributed by atoms with Crippen molar-refractivity contribution < 1.29 is 4.74 Å². The lowest BCUT2D eigenvalue weighted by Crippen LogP contribution is -2.58. The smallest absolute Gasteiger partial charge is 0.193 e. The third-order valence-corrected chi connectivity index (χ3v) is 5.86. The first-order valence-corrected chi connectivity index (χ1v) is 9.76. The Balaban J connectivity index is 0.00000261. The Bertz CT molecular complexity index is 610. The van der Waals surface area contributed by atoms with Gasteiger partial charge >= 0.3 is 0 Å². The van der Waals surface area contributed by atoms with Crippen molar-refractivity contribution in [2.75, 3.05) is 52.2 Å². The van der Waals surface area contributed by atoms with Crippen molar-refractivity contribution in [3.63, 3.8) is 0 Å². The van der Waals surface area contributed by atoms with Gasteiger partial charge in [-0.15, -0.1) is 24.0 Å². The van der Waals surface area contributed by atoms with E-state index < -0.39 is 0 Å². The van der Waals surface area contributed by atoms with E-state index in [0.29, 0.717) is 5.96 Å². The van der Waals surface area contributed by atoms with E-state index in [1.807, 2.05) is 24.3 Å². The van der Waals surface area contributed by atoms with Gasteiger partial charge in [-0.25, -0.2) is 0 Å². The van der Waals surface area contributed by atoms with Gasteiger partial charge in [-0.1, -0.05) is 18.6 Å². The van der Waals surface area contributed by atoms with Crippen LogP contribution in [0.4, 0.5) is 5.69 Å². The molecule has 0 radical (unpaired) electrons. The van der Waals surface area contributed by atoms with Crippen LogP contribution in [0.1, 0.15) is 32.1 Å². The topological polar surface area (TPSA) is 66.1 Å². The normalized spacial score (nSPS) is 21.3. The minimum atomic E-state index is 0. The molecule has 7 heteroatoms. The van der Waals surface area contributed by atoms with Gasteiger partial charge in [0.05, 0.1) is 19.3 Å². The van der Waals surface area contributed by atoms with Crippen LogP contribution < -0.4 is 15.8 Å². The van der Waals surface area contributed by atoms with E-state index in [0.717, 1.165) is 43.9 Å². The van der Waals surface area contributed by atoms with E-state index in [-0.39, 0.29) is 29.5 Å². The first-order valence-electron chi connectivity index (χ1n) is 9.76. The Morgan fingerprint density at radius 1 is 1.15 bits per heavy atom. The molecule has 3 N–H and O–H groups in total. The number of likely N-dealkylation sites (tertiary alicyclic amines) is 2. The molecule has 2 fully saturated rings. The van der Waals surface area contributed by atoms with Crippen LogP contribution in [-0.2, 0) is 0 Å². The van der Waals surface area contributed by atoms with Crippen LogP contribution in [0.3, 0.4) is 0 Å². The molecule has 0 bridgehead atoms. The van der Waals surface area contributed by atoms with Crippen LogP contribution in [0.2, 0.25) is 0 Å². The number of nitrogens with zero attached hydrogens (tertiary/aromatic N) is 3. The van der Waals surface area contributed by atoms with Gasteiger partial charge in [-0.05, 0) is 71.0 Å². The number of piperidine rings is 2. The van der Waals surface area contributed by atoms with Crippen molar-refractivity contribution in [3.8, 4) is 5.75 Å². The van der Waals surface area contributed by atoms with Crippen molar-refractivity contribution in [1.29, 1.82) is 0 Å². The summed E-state index contributed by atoms with van der Waals surface area (Å²) in [5.74, 6) is 1.24. The van der Waals surface area contributed by atoms with Crippen LogP contribution in [0, 0.1) is 0 Å². The molecule has 0 atom stereocenters. The van der Waals surface area contributed by atoms with Crippen LogP contribution in [0.15, 0.2) is 29.3 Å². The van der Waals surface area contributed by atoms with Gasteiger partial charge < -0.3 is 20.7 Å². The number of rotatable bonds is 5. The van der Waals surface area contributed by atoms with Gasteiger partial charge in [0.1, 0.15) is 5.75 Å². The number of aliphatic imine (C=N–C) groups is 1. The Hall–Kier alpha value is -1.06. The highest BCUT2D eigenvalue weighted by atomic mass is 127. The summed E-state index contributed by atoms with van der Waals surface area (Å²) in [6.07, 6.45) is 6.28. The van der Waals surface area contributed by atoms with Crippen LogP contribution >= 0.6 is 24.0 Å². The molecule has 2 aliphatic rings. The highest BCUT2D eigenvalue weighted by molar-refractivity contribution is 14.0. The number of nitrogens with two attached hydrogens (primary N) is 1. The van der Waals surface area contributed by atoms with Gasteiger partial charge in [-0.3, -0.25) is 9.89 Å². The van der Waals surface area contributed by atoms with E-state index in [1.165, 1.54) is 32.4 Å². The number of anilines is 1. The lowest BCUT2D eigenvalue weighted by molar-refractivity contribution is 0.0209. The van der Waals surface area contributed by atoms with Crippen molar-refractivity contribution >= 4 is 35.6 Å². The van der Waals surface area contributed by atoms with Gasteiger partial charge in [0, 0.05) is 5.54 Å². The maximum absolute atomic E-state index is 6.22. The highest BCUT2D eigenvalue weighted by Gasteiger charge is 2.39. The zero-order valence-corrected chi connectivity index (χ0v) is 18.9. The van der Waals surface area contributed by atoms with Crippen molar-refractivity contribution in [3.05, 3.63) is 24.3 Å². The van der Waals surface area contributed by atoms with Gasteiger partial charge in [0.25, 0.3) is 0 Å². The first-order chi connectivity index (χ1) is 12.6. The summed E-state index contributed by atoms with van der Waals surface area (Å²) >= 11 is 0. The summed E-state index contributed by atoms with van der Waals surface area (Å²) in [4.78, 5) is 9.86. The molecular formula is C20H34IN5O. The molecule has 2 aliphatic heterocycles. The fourth-order valence-electron chi connectivity index (χ4n) is 4.14. The monoisotopic (exact) mass is 487 g/mol. The fraction of sp³-hybridized carbons (Fsp3) is 0.650. The number of halogens is 1. The van der Waals surface area contributed by atoms with Crippen LogP contribution in [0.25, 0.3) is 0 Å². The Morgan fingerprint density at radius 3 is 2.48 bits per heavy atom. The molecule has 0 spiro atoms. The SMILES string of the molecule is COc1ccccc1NC(N)=NCC1(N2CCCCC2)CCN(C)CC1.I. The molecule has 27 heavy (non-hydrogen) atoms. The standard InChI is InChI=1S/C20H33N5O.HI/c1-24-14-10-20(11-15-24,25-12-6-3-7-13-25)16-22-19(21)23-17-8-4-5-9-18(17)26-2;/h4-5,8-9H,3,6-7,10-16H2,1-2H3,(H3,21,22,23);1H. The van der Waals surface area contributed by atoms with Crippen LogP contribution in [-0.4, -0.2) is 68.2 Å². The van der Waals surface area contributed by atoms with Crippen molar-refractivity contribution in [2.24, 2.45) is 10.7 Å². The quantitative estimate of drug-likeness (QED) is 0.380. The molecule has 0 unspecified atom stereocenters. The van der Waals surface area contributed by atoms with E-state index in [4.69, 9.17) is 15.5 Å². The molecule has 3 rings (SSSR count). The molecular weight excluding hydrogens is 453 g/mol. The Kier molecular flexibility index (Phi) is 8.62. The lowest BCUT2D eigenvalue weighted by Gasteiger charge is -2.49. The molecule has 0 saturated carbocycles. The van der Waals surface area contributed by atoms with E-state index in [1.54, 1.807) is 7.11 Å². The zero-order valence-electron chi connectivity index (χ0n) is 16.6. The molecule has 6 nitrogen and oxygen atoms in total. The van der Waals surface area contributed by atoms with Crippen molar-refractivity contribution in [2.45, 2.75) is 37.6 Å². The summed E-state index contributed by atoms with van der Waals surface area (Å²) < 4.78 is 5.38. The van der Waals surface area contributed by atoms with Gasteiger partial charge in [0.15, 0.2) is 5.96 Å². The first kappa shape index (κ1) is 22.2. The minimum absolute atomic E-state index is 0. The molecule has 0 amide bonds. The third kappa shape index (κ3) is 5.71. The summed E-state index contributed by atoms with van der Waals surface area (Å²) in [6.45, 7) is 5.41. The molecule has 152 valence electrons. The second-order valence-electron chi connectivity index (χ2n) is 7.60. The van der Waals surface area contributed by atoms with E-state index in [2.05, 4.69) is 22.2 Å². The fourth-order valence-corrected chi connectivity index (χ4v) is 4.14. The van der Waals surface area contributed by atoms with Crippen LogP contribution in [0.5, 0.6) is 5.75 Å².